The number of hydrogen-bond acceptors (Lipinski definition) is 16. The van der Waals surface area contributed by atoms with E-state index in [0.29, 0.717) is 0 Å². The first-order valence-electron chi connectivity index (χ1n) is 20.5. The van der Waals surface area contributed by atoms with Crippen molar-refractivity contribution in [3.63, 3.8) is 0 Å². The third-order valence-corrected chi connectivity index (χ3v) is 20.5. The Bertz CT molecular complexity index is 3950. The number of nitrogens with zero attached hydrogens (tertiary/aromatic N) is 6. The van der Waals surface area contributed by atoms with Gasteiger partial charge in [-0.3, -0.25) is 0 Å². The van der Waals surface area contributed by atoms with Gasteiger partial charge in [-0.1, -0.05) is 109 Å². The molecule has 3 aromatic heterocycles. The zero-order valence-electron chi connectivity index (χ0n) is 35.5. The van der Waals surface area contributed by atoms with Crippen molar-refractivity contribution in [2.24, 2.45) is 0 Å². The smallest absolute Gasteiger partial charge is 0.226 e. The molecule has 0 aliphatic rings. The van der Waals surface area contributed by atoms with Crippen LogP contribution in [0, 0.1) is 0 Å². The molecule has 10 aromatic rings. The summed E-state index contributed by atoms with van der Waals surface area (Å²) in [5, 5.41) is -5.24. The number of benzene rings is 7. The van der Waals surface area contributed by atoms with Crippen LogP contribution in [-0.4, -0.2) is 72.0 Å². The van der Waals surface area contributed by atoms with Crippen LogP contribution in [-0.2, 0) is 60.9 Å². The molecule has 22 heteroatoms. The lowest BCUT2D eigenvalue weighted by Crippen LogP contribution is -2.17. The standard InChI is InChI=1S/C48H30N6O10S6/c55-65(31-19-7-1-8-20-31)43-45(67(57,58)33-23-11-3-12-24-33)51-39-37(49-43)41-42(54-48(70(63,64)36-29-17-6-18-30-36)47(53-41)69(61,62)35-27-15-5-16-28-35)38-40(39)52-46(68(59,60)34-25-13-4-14-26-34)44(50-38)66(56)32-21-9-2-10-22-32/h1-30H. The molecule has 0 spiro atoms. The fraction of sp³-hybridized carbons (Fsp3) is 0. The summed E-state index contributed by atoms with van der Waals surface area (Å²) in [6.07, 6.45) is 0. The first-order chi connectivity index (χ1) is 33.6. The van der Waals surface area contributed by atoms with Gasteiger partial charge in [0, 0.05) is 9.79 Å². The SMILES string of the molecule is O=S(c1ccccc1)c1nc2c(nc1S(=O)(=O)c1ccccc1)c1nc(S(=O)(=O)c3ccccc3)c(S(=O)c3ccccc3)nc1c1nc(S(=O)(=O)c3ccccc3)c(S(=O)(=O)c3ccccc3)nc21. The van der Waals surface area contributed by atoms with Gasteiger partial charge in [0.25, 0.3) is 0 Å². The molecule has 0 aliphatic carbocycles. The summed E-state index contributed by atoms with van der Waals surface area (Å²) in [6, 6.07) is 42.9. The van der Waals surface area contributed by atoms with E-state index in [2.05, 4.69) is 29.9 Å². The molecule has 0 fully saturated rings. The molecule has 2 unspecified atom stereocenters. The van der Waals surface area contributed by atoms with Gasteiger partial charge in [-0.15, -0.1) is 0 Å². The van der Waals surface area contributed by atoms with E-state index in [1.165, 1.54) is 121 Å². The number of hydrogen-bond donors (Lipinski definition) is 0. The second kappa shape index (κ2) is 17.9. The molecule has 0 amide bonds. The van der Waals surface area contributed by atoms with Crippen molar-refractivity contribution in [1.29, 1.82) is 0 Å². The van der Waals surface area contributed by atoms with E-state index in [9.17, 15) is 42.1 Å². The molecule has 0 saturated heterocycles. The zero-order valence-corrected chi connectivity index (χ0v) is 40.4. The van der Waals surface area contributed by atoms with Crippen LogP contribution in [0.5, 0.6) is 0 Å². The Morgan fingerprint density at radius 3 is 0.714 bits per heavy atom. The van der Waals surface area contributed by atoms with Crippen molar-refractivity contribution < 1.29 is 42.1 Å². The average molecular weight is 1040 g/mol. The lowest BCUT2D eigenvalue weighted by Gasteiger charge is -2.17. The predicted molar refractivity (Wildman–Crippen MR) is 256 cm³/mol. The van der Waals surface area contributed by atoms with Gasteiger partial charge >= 0.3 is 0 Å². The summed E-state index contributed by atoms with van der Waals surface area (Å²) in [7, 11) is -24.4. The molecule has 10 rings (SSSR count). The number of rotatable bonds is 12. The first kappa shape index (κ1) is 46.4. The van der Waals surface area contributed by atoms with Crippen molar-refractivity contribution in [1.82, 2.24) is 29.9 Å². The normalized spacial score (nSPS) is 13.3. The second-order valence-corrected chi connectivity index (χ2v) is 25.3. The van der Waals surface area contributed by atoms with Crippen LogP contribution in [0.4, 0.5) is 0 Å². The number of sulfone groups is 4. The highest BCUT2D eigenvalue weighted by molar-refractivity contribution is 7.94. The summed E-state index contributed by atoms with van der Waals surface area (Å²) < 4.78 is 148. The second-order valence-electron chi connectivity index (χ2n) is 15.0. The van der Waals surface area contributed by atoms with Crippen LogP contribution in [0.25, 0.3) is 33.1 Å². The van der Waals surface area contributed by atoms with Crippen LogP contribution < -0.4 is 0 Å². The van der Waals surface area contributed by atoms with Crippen molar-refractivity contribution >= 4 is 94.0 Å². The molecule has 0 N–H and O–H groups in total. The van der Waals surface area contributed by atoms with E-state index in [4.69, 9.17) is 0 Å². The monoisotopic (exact) mass is 1040 g/mol. The fourth-order valence-corrected chi connectivity index (χ4v) is 16.0. The lowest BCUT2D eigenvalue weighted by molar-refractivity contribution is 0.573. The van der Waals surface area contributed by atoms with Crippen molar-refractivity contribution in [2.45, 2.75) is 59.5 Å². The summed E-state index contributed by atoms with van der Waals surface area (Å²) >= 11 is 0. The van der Waals surface area contributed by atoms with Gasteiger partial charge < -0.3 is 0 Å². The Morgan fingerprint density at radius 2 is 0.457 bits per heavy atom. The van der Waals surface area contributed by atoms with E-state index in [1.807, 2.05) is 0 Å². The molecule has 0 aliphatic heterocycles. The van der Waals surface area contributed by atoms with Crippen LogP contribution >= 0.6 is 0 Å². The van der Waals surface area contributed by atoms with Crippen molar-refractivity contribution in [3.8, 4) is 0 Å². The van der Waals surface area contributed by atoms with Gasteiger partial charge in [0.1, 0.15) is 54.7 Å². The molecule has 2 atom stereocenters. The molecule has 3 heterocycles. The van der Waals surface area contributed by atoms with Crippen LogP contribution in [0.15, 0.2) is 242 Å². The number of fused-ring (bicyclic) bond motifs is 6. The van der Waals surface area contributed by atoms with Gasteiger partial charge in [-0.2, -0.15) is 0 Å². The predicted octanol–water partition coefficient (Wildman–Crippen LogP) is 7.18. The Balaban J connectivity index is 1.45. The molecule has 16 nitrogen and oxygen atoms in total. The molecule has 0 radical (unpaired) electrons. The molecule has 0 saturated carbocycles. The van der Waals surface area contributed by atoms with Gasteiger partial charge in [0.15, 0.2) is 30.2 Å². The molecular weight excluding hydrogens is 1010 g/mol. The Hall–Kier alpha value is -7.34. The van der Waals surface area contributed by atoms with E-state index in [1.54, 1.807) is 60.7 Å². The third kappa shape index (κ3) is 7.96. The van der Waals surface area contributed by atoms with Crippen molar-refractivity contribution in [2.75, 3.05) is 0 Å². The fourth-order valence-electron chi connectivity index (χ4n) is 7.30. The maximum Gasteiger partial charge on any atom is 0.226 e. The Morgan fingerprint density at radius 1 is 0.257 bits per heavy atom. The summed E-state index contributed by atoms with van der Waals surface area (Å²) in [6.45, 7) is 0. The van der Waals surface area contributed by atoms with Gasteiger partial charge in [-0.25, -0.2) is 72.0 Å². The average Bonchev–Trinajstić information content (AvgIpc) is 3.40. The Labute approximate surface area is 404 Å². The lowest BCUT2D eigenvalue weighted by atomic mass is 10.2. The highest BCUT2D eigenvalue weighted by atomic mass is 32.2. The Kier molecular flexibility index (Phi) is 11.8. The van der Waals surface area contributed by atoms with Crippen LogP contribution in [0.1, 0.15) is 0 Å². The largest absolute Gasteiger partial charge is 0.247 e. The molecule has 7 aromatic carbocycles. The van der Waals surface area contributed by atoms with E-state index < -0.39 is 124 Å². The molecule has 70 heavy (non-hydrogen) atoms. The summed E-state index contributed by atoms with van der Waals surface area (Å²) in [5.74, 6) is 0. The highest BCUT2D eigenvalue weighted by Crippen LogP contribution is 2.39. The highest BCUT2D eigenvalue weighted by Gasteiger charge is 2.38. The van der Waals surface area contributed by atoms with E-state index >= 15 is 0 Å². The maximum atomic E-state index is 14.8. The minimum atomic E-state index is -4.95. The number of aromatic nitrogens is 6. The topological polar surface area (TPSA) is 248 Å². The summed E-state index contributed by atoms with van der Waals surface area (Å²) in [5.41, 5.74) is -3.29. The van der Waals surface area contributed by atoms with E-state index in [0.717, 1.165) is 0 Å². The van der Waals surface area contributed by atoms with Gasteiger partial charge in [-0.05, 0) is 72.8 Å². The molecule has 348 valence electrons. The van der Waals surface area contributed by atoms with Gasteiger partial charge in [0.05, 0.1) is 19.6 Å². The molecule has 0 bridgehead atoms. The molecular formula is C48H30N6O10S6. The minimum absolute atomic E-state index is 0.0736. The van der Waals surface area contributed by atoms with Crippen LogP contribution in [0.3, 0.4) is 0 Å². The maximum absolute atomic E-state index is 14.8. The zero-order chi connectivity index (χ0) is 49.0. The third-order valence-electron chi connectivity index (χ3n) is 10.7. The van der Waals surface area contributed by atoms with E-state index in [-0.39, 0.29) is 29.4 Å². The van der Waals surface area contributed by atoms with Crippen LogP contribution in [0.2, 0.25) is 0 Å². The van der Waals surface area contributed by atoms with Gasteiger partial charge in [0.2, 0.25) is 39.3 Å². The quantitative estimate of drug-likeness (QED) is 0.110. The first-order valence-corrected chi connectivity index (χ1v) is 28.7. The summed E-state index contributed by atoms with van der Waals surface area (Å²) in [4.78, 5) is 26.3. The van der Waals surface area contributed by atoms with Crippen molar-refractivity contribution in [3.05, 3.63) is 182 Å². The minimum Gasteiger partial charge on any atom is -0.247 e.